The highest BCUT2D eigenvalue weighted by Gasteiger charge is 2.21. The van der Waals surface area contributed by atoms with Gasteiger partial charge in [0.05, 0.1) is 15.7 Å². The summed E-state index contributed by atoms with van der Waals surface area (Å²) in [4.78, 5) is 51.3. The molecule has 1 atom stereocenters. The van der Waals surface area contributed by atoms with Gasteiger partial charge in [0.1, 0.15) is 5.70 Å². The minimum atomic E-state index is -0.672. The summed E-state index contributed by atoms with van der Waals surface area (Å²) in [6.07, 6.45) is 1.85. The molecule has 1 unspecified atom stereocenters. The van der Waals surface area contributed by atoms with E-state index in [1.807, 2.05) is 45.0 Å². The first kappa shape index (κ1) is 31.7. The summed E-state index contributed by atoms with van der Waals surface area (Å²) < 4.78 is 0. The van der Waals surface area contributed by atoms with Crippen LogP contribution in [0.5, 0.6) is 0 Å². The maximum absolute atomic E-state index is 13.5. The molecule has 224 valence electrons. The number of nitro benzene ring substituents is 1. The van der Waals surface area contributed by atoms with E-state index in [1.54, 1.807) is 54.6 Å². The number of carbonyl (C=O) groups is 3. The molecular formula is C34H32N4O5S. The third-order valence-electron chi connectivity index (χ3n) is 6.64. The molecule has 0 aromatic heterocycles. The molecule has 0 saturated heterocycles. The van der Waals surface area contributed by atoms with Gasteiger partial charge >= 0.3 is 0 Å². The molecule has 0 fully saturated rings. The smallest absolute Gasteiger partial charge is 0.276 e. The SMILES string of the molecule is CCC(Sc1cccc(NC(=O)/C(=C\c2ccccc2[N+](=O)[O-])NC(=O)c2ccccc2)c1)C(=O)Nc1ccc(C)cc1C. The van der Waals surface area contributed by atoms with Crippen LogP contribution in [-0.2, 0) is 9.59 Å². The van der Waals surface area contributed by atoms with Gasteiger partial charge in [-0.15, -0.1) is 11.8 Å². The molecule has 3 amide bonds. The number of para-hydroxylation sites is 1. The minimum Gasteiger partial charge on any atom is -0.325 e. The van der Waals surface area contributed by atoms with Gasteiger partial charge in [-0.3, -0.25) is 24.5 Å². The van der Waals surface area contributed by atoms with Crippen molar-refractivity contribution in [2.24, 2.45) is 0 Å². The molecule has 4 aromatic rings. The van der Waals surface area contributed by atoms with Crippen molar-refractivity contribution in [1.29, 1.82) is 0 Å². The lowest BCUT2D eigenvalue weighted by atomic mass is 10.1. The fourth-order valence-electron chi connectivity index (χ4n) is 4.37. The van der Waals surface area contributed by atoms with Gasteiger partial charge in [-0.1, -0.05) is 61.0 Å². The number of hydrogen-bond donors (Lipinski definition) is 3. The van der Waals surface area contributed by atoms with E-state index >= 15 is 0 Å². The summed E-state index contributed by atoms with van der Waals surface area (Å²) >= 11 is 1.37. The Bertz CT molecular complexity index is 1720. The van der Waals surface area contributed by atoms with Crippen LogP contribution in [-0.4, -0.2) is 27.9 Å². The molecule has 3 N–H and O–H groups in total. The first-order valence-electron chi connectivity index (χ1n) is 13.9. The fraction of sp³-hybridized carbons (Fsp3) is 0.147. The van der Waals surface area contributed by atoms with Crippen LogP contribution in [0.15, 0.2) is 108 Å². The van der Waals surface area contributed by atoms with Crippen LogP contribution in [0.3, 0.4) is 0 Å². The van der Waals surface area contributed by atoms with E-state index in [1.165, 1.54) is 36.0 Å². The van der Waals surface area contributed by atoms with E-state index < -0.39 is 16.7 Å². The third-order valence-corrected chi connectivity index (χ3v) is 7.99. The zero-order chi connectivity index (χ0) is 31.6. The Morgan fingerprint density at radius 2 is 1.61 bits per heavy atom. The maximum Gasteiger partial charge on any atom is 0.276 e. The molecule has 4 aromatic carbocycles. The molecule has 0 radical (unpaired) electrons. The molecule has 0 aliphatic rings. The molecule has 4 rings (SSSR count). The number of aryl methyl sites for hydroxylation is 2. The van der Waals surface area contributed by atoms with Gasteiger partial charge in [0.25, 0.3) is 17.5 Å². The highest BCUT2D eigenvalue weighted by atomic mass is 32.2. The number of rotatable bonds is 11. The Morgan fingerprint density at radius 3 is 2.32 bits per heavy atom. The van der Waals surface area contributed by atoms with Crippen molar-refractivity contribution in [3.8, 4) is 0 Å². The van der Waals surface area contributed by atoms with Crippen molar-refractivity contribution >= 4 is 52.6 Å². The number of thioether (sulfide) groups is 1. The predicted molar refractivity (Wildman–Crippen MR) is 175 cm³/mol. The minimum absolute atomic E-state index is 0.128. The number of anilines is 2. The Labute approximate surface area is 259 Å². The lowest BCUT2D eigenvalue weighted by Gasteiger charge is -2.17. The van der Waals surface area contributed by atoms with Crippen molar-refractivity contribution in [3.63, 3.8) is 0 Å². The van der Waals surface area contributed by atoms with Gasteiger partial charge in [0, 0.05) is 27.9 Å². The van der Waals surface area contributed by atoms with Crippen LogP contribution in [0, 0.1) is 24.0 Å². The fourth-order valence-corrected chi connectivity index (χ4v) is 5.39. The van der Waals surface area contributed by atoms with E-state index in [0.29, 0.717) is 17.7 Å². The van der Waals surface area contributed by atoms with E-state index in [4.69, 9.17) is 0 Å². The van der Waals surface area contributed by atoms with E-state index in [-0.39, 0.29) is 28.1 Å². The van der Waals surface area contributed by atoms with Crippen LogP contribution in [0.2, 0.25) is 0 Å². The van der Waals surface area contributed by atoms with Crippen molar-refractivity contribution in [3.05, 3.63) is 135 Å². The summed E-state index contributed by atoms with van der Waals surface area (Å²) in [5, 5.41) is 19.6. The molecule has 10 heteroatoms. The first-order chi connectivity index (χ1) is 21.1. The van der Waals surface area contributed by atoms with Gasteiger partial charge < -0.3 is 16.0 Å². The predicted octanol–water partition coefficient (Wildman–Crippen LogP) is 7.13. The molecule has 0 saturated carbocycles. The Hall–Kier alpha value is -5.22. The lowest BCUT2D eigenvalue weighted by molar-refractivity contribution is -0.385. The second-order valence-electron chi connectivity index (χ2n) is 10.00. The van der Waals surface area contributed by atoms with Gasteiger partial charge in [-0.05, 0) is 74.4 Å². The number of benzene rings is 4. The summed E-state index contributed by atoms with van der Waals surface area (Å²) in [6, 6.07) is 27.1. The number of hydrogen-bond acceptors (Lipinski definition) is 6. The maximum atomic E-state index is 13.5. The molecule has 0 aliphatic carbocycles. The molecule has 0 bridgehead atoms. The Morgan fingerprint density at radius 1 is 0.886 bits per heavy atom. The highest BCUT2D eigenvalue weighted by molar-refractivity contribution is 8.00. The normalized spacial score (nSPS) is 11.8. The topological polar surface area (TPSA) is 130 Å². The van der Waals surface area contributed by atoms with Crippen molar-refractivity contribution in [2.45, 2.75) is 37.3 Å². The van der Waals surface area contributed by atoms with E-state index in [2.05, 4.69) is 16.0 Å². The molecule has 0 aliphatic heterocycles. The first-order valence-corrected chi connectivity index (χ1v) is 14.8. The second kappa shape index (κ2) is 14.8. The molecular weight excluding hydrogens is 576 g/mol. The van der Waals surface area contributed by atoms with Crippen LogP contribution in [0.1, 0.15) is 40.4 Å². The zero-order valence-corrected chi connectivity index (χ0v) is 25.3. The van der Waals surface area contributed by atoms with Crippen molar-refractivity contribution < 1.29 is 19.3 Å². The Balaban J connectivity index is 1.54. The standard InChI is InChI=1S/C34H32N4O5S/c1-4-31(34(41)36-28-18-17-22(2)19-23(28)3)44-27-15-10-14-26(21-27)35-33(40)29(37-32(39)24-11-6-5-7-12-24)20-25-13-8-9-16-30(25)38(42)43/h5-21,31H,4H2,1-3H3,(H,35,40)(H,36,41)(H,37,39)/b29-20+. The quantitative estimate of drug-likeness (QED) is 0.0719. The summed E-state index contributed by atoms with van der Waals surface area (Å²) in [5.41, 5.74) is 3.36. The summed E-state index contributed by atoms with van der Waals surface area (Å²) in [6.45, 7) is 5.88. The molecule has 44 heavy (non-hydrogen) atoms. The van der Waals surface area contributed by atoms with Gasteiger partial charge in [-0.2, -0.15) is 0 Å². The van der Waals surface area contributed by atoms with Crippen LogP contribution in [0.4, 0.5) is 17.1 Å². The van der Waals surface area contributed by atoms with Crippen LogP contribution >= 0.6 is 11.8 Å². The highest BCUT2D eigenvalue weighted by Crippen LogP contribution is 2.29. The number of nitrogens with zero attached hydrogens (tertiary/aromatic N) is 1. The number of nitro groups is 1. The largest absolute Gasteiger partial charge is 0.325 e. The molecule has 0 heterocycles. The lowest BCUT2D eigenvalue weighted by Crippen LogP contribution is -2.30. The summed E-state index contributed by atoms with van der Waals surface area (Å²) in [7, 11) is 0. The average molecular weight is 609 g/mol. The van der Waals surface area contributed by atoms with Crippen molar-refractivity contribution in [2.75, 3.05) is 10.6 Å². The van der Waals surface area contributed by atoms with Crippen LogP contribution in [0.25, 0.3) is 6.08 Å². The summed E-state index contributed by atoms with van der Waals surface area (Å²) in [5.74, 6) is -1.35. The van der Waals surface area contributed by atoms with E-state index in [0.717, 1.165) is 21.7 Å². The van der Waals surface area contributed by atoms with Gasteiger partial charge in [0.15, 0.2) is 0 Å². The number of nitrogens with one attached hydrogen (secondary N) is 3. The van der Waals surface area contributed by atoms with Crippen molar-refractivity contribution in [1.82, 2.24) is 5.32 Å². The average Bonchev–Trinajstić information content (AvgIpc) is 3.01. The monoisotopic (exact) mass is 608 g/mol. The number of carbonyl (C=O) groups excluding carboxylic acids is 3. The van der Waals surface area contributed by atoms with E-state index in [9.17, 15) is 24.5 Å². The zero-order valence-electron chi connectivity index (χ0n) is 24.5. The molecule has 9 nitrogen and oxygen atoms in total. The van der Waals surface area contributed by atoms with Gasteiger partial charge in [-0.25, -0.2) is 0 Å². The second-order valence-corrected chi connectivity index (χ2v) is 11.3. The number of amides is 3. The van der Waals surface area contributed by atoms with Crippen LogP contribution < -0.4 is 16.0 Å². The van der Waals surface area contributed by atoms with Gasteiger partial charge in [0.2, 0.25) is 5.91 Å². The third kappa shape index (κ3) is 8.42. The Kier molecular flexibility index (Phi) is 10.7. The molecule has 0 spiro atoms.